The van der Waals surface area contributed by atoms with Gasteiger partial charge in [-0.15, -0.1) is 0 Å². The highest BCUT2D eigenvalue weighted by Crippen LogP contribution is 2.28. The summed E-state index contributed by atoms with van der Waals surface area (Å²) in [6.07, 6.45) is 2.25. The van der Waals surface area contributed by atoms with Gasteiger partial charge in [0.25, 0.3) is 0 Å². The van der Waals surface area contributed by atoms with Gasteiger partial charge in [0.2, 0.25) is 0 Å². The molecular formula is C18H21Cl2N. The van der Waals surface area contributed by atoms with E-state index in [0.29, 0.717) is 10.0 Å². The van der Waals surface area contributed by atoms with Gasteiger partial charge in [0.05, 0.1) is 6.04 Å². The number of benzene rings is 2. The molecule has 0 aliphatic carbocycles. The molecule has 0 aliphatic heterocycles. The molecule has 2 rings (SSSR count). The van der Waals surface area contributed by atoms with Crippen molar-refractivity contribution in [2.45, 2.75) is 32.7 Å². The Kier molecular flexibility index (Phi) is 6.10. The van der Waals surface area contributed by atoms with Gasteiger partial charge in [-0.3, -0.25) is 0 Å². The third kappa shape index (κ3) is 4.47. The maximum Gasteiger partial charge on any atom is 0.0577 e. The molecule has 21 heavy (non-hydrogen) atoms. The predicted octanol–water partition coefficient (Wildman–Crippen LogP) is 5.64. The molecule has 1 nitrogen and oxygen atoms in total. The first kappa shape index (κ1) is 16.4. The predicted molar refractivity (Wildman–Crippen MR) is 92.4 cm³/mol. The Morgan fingerprint density at radius 1 is 0.952 bits per heavy atom. The Balaban J connectivity index is 2.40. The molecule has 0 spiro atoms. The molecule has 0 bridgehead atoms. The third-order valence-electron chi connectivity index (χ3n) is 3.45. The first-order chi connectivity index (χ1) is 10.1. The summed E-state index contributed by atoms with van der Waals surface area (Å²) in [4.78, 5) is 0. The Morgan fingerprint density at radius 2 is 1.67 bits per heavy atom. The average molecular weight is 322 g/mol. The fourth-order valence-electron chi connectivity index (χ4n) is 2.59. The van der Waals surface area contributed by atoms with Crippen LogP contribution in [-0.4, -0.2) is 6.54 Å². The van der Waals surface area contributed by atoms with Crippen LogP contribution in [0.15, 0.2) is 42.5 Å². The van der Waals surface area contributed by atoms with E-state index in [9.17, 15) is 0 Å². The molecule has 2 aromatic rings. The van der Waals surface area contributed by atoms with Crippen molar-refractivity contribution in [3.8, 4) is 0 Å². The van der Waals surface area contributed by atoms with E-state index in [0.717, 1.165) is 24.9 Å². The van der Waals surface area contributed by atoms with E-state index in [-0.39, 0.29) is 6.04 Å². The van der Waals surface area contributed by atoms with Crippen LogP contribution in [0.3, 0.4) is 0 Å². The molecule has 3 heteroatoms. The Morgan fingerprint density at radius 3 is 2.29 bits per heavy atom. The SMILES string of the molecule is CCCc1cccc(C(NCC)c2cc(Cl)cc(Cl)c2)c1. The van der Waals surface area contributed by atoms with Crippen LogP contribution in [0.2, 0.25) is 10.0 Å². The molecule has 0 aromatic heterocycles. The number of halogens is 2. The van der Waals surface area contributed by atoms with Crippen LogP contribution in [0, 0.1) is 0 Å². The monoisotopic (exact) mass is 321 g/mol. The van der Waals surface area contributed by atoms with Gasteiger partial charge in [0.15, 0.2) is 0 Å². The average Bonchev–Trinajstić information content (AvgIpc) is 2.44. The Bertz CT molecular complexity index is 575. The van der Waals surface area contributed by atoms with Crippen molar-refractivity contribution >= 4 is 23.2 Å². The van der Waals surface area contributed by atoms with Crippen LogP contribution in [0.4, 0.5) is 0 Å². The maximum absolute atomic E-state index is 6.15. The normalized spacial score (nSPS) is 12.4. The van der Waals surface area contributed by atoms with Crippen LogP contribution in [0.5, 0.6) is 0 Å². The molecule has 0 saturated carbocycles. The van der Waals surface area contributed by atoms with Gasteiger partial charge in [0.1, 0.15) is 0 Å². The molecule has 1 unspecified atom stereocenters. The second-order valence-electron chi connectivity index (χ2n) is 5.19. The van der Waals surface area contributed by atoms with E-state index in [1.165, 1.54) is 11.1 Å². The Hall–Kier alpha value is -1.02. The summed E-state index contributed by atoms with van der Waals surface area (Å²) in [5, 5.41) is 4.86. The zero-order valence-electron chi connectivity index (χ0n) is 12.5. The minimum absolute atomic E-state index is 0.114. The fourth-order valence-corrected chi connectivity index (χ4v) is 3.13. The van der Waals surface area contributed by atoms with Crippen LogP contribution >= 0.6 is 23.2 Å². The van der Waals surface area contributed by atoms with Gasteiger partial charge >= 0.3 is 0 Å². The summed E-state index contributed by atoms with van der Waals surface area (Å²) in [5.41, 5.74) is 3.72. The summed E-state index contributed by atoms with van der Waals surface area (Å²) in [6, 6.07) is 14.6. The van der Waals surface area contributed by atoms with Gasteiger partial charge in [-0.05, 0) is 47.9 Å². The molecule has 0 amide bonds. The largest absolute Gasteiger partial charge is 0.307 e. The van der Waals surface area contributed by atoms with Crippen LogP contribution in [0.1, 0.15) is 43.0 Å². The van der Waals surface area contributed by atoms with E-state index in [1.54, 1.807) is 6.07 Å². The quantitative estimate of drug-likeness (QED) is 0.725. The van der Waals surface area contributed by atoms with Gasteiger partial charge in [-0.25, -0.2) is 0 Å². The van der Waals surface area contributed by atoms with Crippen molar-refractivity contribution in [2.75, 3.05) is 6.54 Å². The van der Waals surface area contributed by atoms with Gasteiger partial charge in [0, 0.05) is 10.0 Å². The number of aryl methyl sites for hydroxylation is 1. The second kappa shape index (κ2) is 7.84. The Labute approximate surface area is 137 Å². The number of nitrogens with one attached hydrogen (secondary N) is 1. The summed E-state index contributed by atoms with van der Waals surface area (Å²) >= 11 is 12.3. The third-order valence-corrected chi connectivity index (χ3v) is 3.89. The van der Waals surface area contributed by atoms with Crippen molar-refractivity contribution in [1.82, 2.24) is 5.32 Å². The molecule has 112 valence electrons. The van der Waals surface area contributed by atoms with Gasteiger partial charge in [-0.1, -0.05) is 67.7 Å². The van der Waals surface area contributed by atoms with Gasteiger partial charge in [-0.2, -0.15) is 0 Å². The van der Waals surface area contributed by atoms with E-state index in [2.05, 4.69) is 43.4 Å². The lowest BCUT2D eigenvalue weighted by molar-refractivity contribution is 0.630. The second-order valence-corrected chi connectivity index (χ2v) is 6.06. The fraction of sp³-hybridized carbons (Fsp3) is 0.333. The van der Waals surface area contributed by atoms with Crippen molar-refractivity contribution in [3.63, 3.8) is 0 Å². The van der Waals surface area contributed by atoms with Crippen molar-refractivity contribution in [2.24, 2.45) is 0 Å². The van der Waals surface area contributed by atoms with Crippen molar-refractivity contribution in [1.29, 1.82) is 0 Å². The summed E-state index contributed by atoms with van der Waals surface area (Å²) < 4.78 is 0. The van der Waals surface area contributed by atoms with Crippen molar-refractivity contribution < 1.29 is 0 Å². The topological polar surface area (TPSA) is 12.0 Å². The van der Waals surface area contributed by atoms with Gasteiger partial charge < -0.3 is 5.32 Å². The zero-order valence-corrected chi connectivity index (χ0v) is 14.0. The lowest BCUT2D eigenvalue weighted by Crippen LogP contribution is -2.22. The highest BCUT2D eigenvalue weighted by atomic mass is 35.5. The maximum atomic E-state index is 6.15. The first-order valence-electron chi connectivity index (χ1n) is 7.42. The van der Waals surface area contributed by atoms with E-state index in [4.69, 9.17) is 23.2 Å². The molecule has 2 aromatic carbocycles. The van der Waals surface area contributed by atoms with Crippen LogP contribution in [0.25, 0.3) is 0 Å². The number of hydrogen-bond acceptors (Lipinski definition) is 1. The standard InChI is InChI=1S/C18H21Cl2N/c1-3-6-13-7-5-8-14(9-13)18(21-4-2)15-10-16(19)12-17(20)11-15/h5,7-12,18,21H,3-4,6H2,1-2H3. The smallest absolute Gasteiger partial charge is 0.0577 e. The molecular weight excluding hydrogens is 301 g/mol. The lowest BCUT2D eigenvalue weighted by Gasteiger charge is -2.20. The number of rotatable bonds is 6. The van der Waals surface area contributed by atoms with Crippen LogP contribution in [-0.2, 0) is 6.42 Å². The zero-order chi connectivity index (χ0) is 15.2. The number of hydrogen-bond donors (Lipinski definition) is 1. The highest BCUT2D eigenvalue weighted by Gasteiger charge is 2.14. The molecule has 0 radical (unpaired) electrons. The summed E-state index contributed by atoms with van der Waals surface area (Å²) in [7, 11) is 0. The van der Waals surface area contributed by atoms with E-state index in [1.807, 2.05) is 12.1 Å². The lowest BCUT2D eigenvalue weighted by atomic mass is 9.96. The first-order valence-corrected chi connectivity index (χ1v) is 8.17. The molecule has 0 saturated heterocycles. The minimum Gasteiger partial charge on any atom is -0.307 e. The minimum atomic E-state index is 0.114. The molecule has 0 aliphatic rings. The van der Waals surface area contributed by atoms with E-state index < -0.39 is 0 Å². The molecule has 1 atom stereocenters. The highest BCUT2D eigenvalue weighted by molar-refractivity contribution is 6.34. The summed E-state index contributed by atoms with van der Waals surface area (Å²) in [5.74, 6) is 0. The van der Waals surface area contributed by atoms with Crippen molar-refractivity contribution in [3.05, 3.63) is 69.2 Å². The van der Waals surface area contributed by atoms with E-state index >= 15 is 0 Å². The summed E-state index contributed by atoms with van der Waals surface area (Å²) in [6.45, 7) is 5.19. The van der Waals surface area contributed by atoms with Crippen LogP contribution < -0.4 is 5.32 Å². The molecule has 0 fully saturated rings. The molecule has 1 N–H and O–H groups in total. The molecule has 0 heterocycles.